The number of hydrogen-bond donors (Lipinski definition) is 1. The summed E-state index contributed by atoms with van der Waals surface area (Å²) in [5, 5.41) is 0.565. The van der Waals surface area contributed by atoms with Crippen LogP contribution in [-0.2, 0) is 5.54 Å². The molecule has 1 aliphatic carbocycles. The molecule has 1 aromatic rings. The van der Waals surface area contributed by atoms with Crippen LogP contribution in [0.5, 0.6) is 0 Å². The van der Waals surface area contributed by atoms with Crippen LogP contribution in [0.1, 0.15) is 24.1 Å². The van der Waals surface area contributed by atoms with E-state index in [2.05, 4.69) is 4.98 Å². The Balaban J connectivity index is 2.45. The number of halogens is 1. The predicted octanol–water partition coefficient (Wildman–Crippen LogP) is 1.99. The van der Waals surface area contributed by atoms with E-state index in [0.29, 0.717) is 5.15 Å². The third-order valence-corrected chi connectivity index (χ3v) is 2.60. The van der Waals surface area contributed by atoms with Crippen LogP contribution < -0.4 is 5.73 Å². The van der Waals surface area contributed by atoms with E-state index in [1.807, 2.05) is 19.1 Å². The summed E-state index contributed by atoms with van der Waals surface area (Å²) in [6, 6.07) is 3.94. The lowest BCUT2D eigenvalue weighted by molar-refractivity contribution is 0.734. The van der Waals surface area contributed by atoms with E-state index in [0.717, 1.165) is 24.1 Å². The lowest BCUT2D eigenvalue weighted by Gasteiger charge is -2.10. The molecule has 12 heavy (non-hydrogen) atoms. The monoisotopic (exact) mass is 182 g/mol. The topological polar surface area (TPSA) is 38.9 Å². The molecule has 0 bridgehead atoms. The van der Waals surface area contributed by atoms with Crippen molar-refractivity contribution in [3.05, 3.63) is 28.5 Å². The maximum absolute atomic E-state index is 5.99. The van der Waals surface area contributed by atoms with Crippen LogP contribution in [0.2, 0.25) is 5.15 Å². The number of nitrogens with two attached hydrogens (primary N) is 1. The van der Waals surface area contributed by atoms with E-state index in [4.69, 9.17) is 17.3 Å². The van der Waals surface area contributed by atoms with Gasteiger partial charge in [0.1, 0.15) is 5.15 Å². The quantitative estimate of drug-likeness (QED) is 0.675. The molecule has 0 aromatic carbocycles. The first-order chi connectivity index (χ1) is 5.62. The highest BCUT2D eigenvalue weighted by atomic mass is 35.5. The summed E-state index contributed by atoms with van der Waals surface area (Å²) in [7, 11) is 0. The maximum atomic E-state index is 5.99. The minimum atomic E-state index is -0.169. The first kappa shape index (κ1) is 8.02. The fourth-order valence-corrected chi connectivity index (χ4v) is 1.68. The van der Waals surface area contributed by atoms with E-state index in [1.165, 1.54) is 0 Å². The standard InChI is InChI=1S/C9H11ClN2/c1-6-2-3-7(8(10)12-6)9(11)4-5-9/h2-3H,4-5,11H2,1H3. The highest BCUT2D eigenvalue weighted by Gasteiger charge is 2.41. The van der Waals surface area contributed by atoms with Gasteiger partial charge in [-0.3, -0.25) is 0 Å². The second-order valence-electron chi connectivity index (χ2n) is 3.45. The van der Waals surface area contributed by atoms with Gasteiger partial charge in [0.2, 0.25) is 0 Å². The Morgan fingerprint density at radius 1 is 1.50 bits per heavy atom. The Morgan fingerprint density at radius 2 is 2.17 bits per heavy atom. The highest BCUT2D eigenvalue weighted by molar-refractivity contribution is 6.30. The molecule has 0 aliphatic heterocycles. The van der Waals surface area contributed by atoms with Gasteiger partial charge in [-0.25, -0.2) is 4.98 Å². The van der Waals surface area contributed by atoms with Crippen LogP contribution in [0, 0.1) is 6.92 Å². The average molecular weight is 183 g/mol. The smallest absolute Gasteiger partial charge is 0.134 e. The van der Waals surface area contributed by atoms with Gasteiger partial charge in [-0.1, -0.05) is 17.7 Å². The third-order valence-electron chi connectivity index (χ3n) is 2.31. The fourth-order valence-electron chi connectivity index (χ4n) is 1.30. The first-order valence-corrected chi connectivity index (χ1v) is 4.42. The van der Waals surface area contributed by atoms with Crippen molar-refractivity contribution < 1.29 is 0 Å². The first-order valence-electron chi connectivity index (χ1n) is 4.04. The second kappa shape index (κ2) is 2.44. The van der Waals surface area contributed by atoms with Gasteiger partial charge in [0, 0.05) is 16.8 Å². The van der Waals surface area contributed by atoms with Crippen molar-refractivity contribution in [2.75, 3.05) is 0 Å². The molecule has 0 amide bonds. The SMILES string of the molecule is Cc1ccc(C2(N)CC2)c(Cl)n1. The summed E-state index contributed by atoms with van der Waals surface area (Å²) in [6.45, 7) is 1.92. The van der Waals surface area contributed by atoms with Crippen molar-refractivity contribution in [2.45, 2.75) is 25.3 Å². The van der Waals surface area contributed by atoms with Crippen LogP contribution in [0.25, 0.3) is 0 Å². The number of aryl methyl sites for hydroxylation is 1. The fraction of sp³-hybridized carbons (Fsp3) is 0.444. The highest BCUT2D eigenvalue weighted by Crippen LogP contribution is 2.44. The number of rotatable bonds is 1. The molecule has 1 saturated carbocycles. The Bertz CT molecular complexity index is 318. The van der Waals surface area contributed by atoms with Gasteiger partial charge >= 0.3 is 0 Å². The van der Waals surface area contributed by atoms with Crippen LogP contribution in [0.3, 0.4) is 0 Å². The minimum absolute atomic E-state index is 0.169. The van der Waals surface area contributed by atoms with Gasteiger partial charge in [0.05, 0.1) is 0 Å². The molecule has 0 atom stereocenters. The van der Waals surface area contributed by atoms with E-state index >= 15 is 0 Å². The molecular weight excluding hydrogens is 172 g/mol. The molecule has 2 N–H and O–H groups in total. The maximum Gasteiger partial charge on any atom is 0.134 e. The van der Waals surface area contributed by atoms with Crippen molar-refractivity contribution in [3.8, 4) is 0 Å². The van der Waals surface area contributed by atoms with Crippen molar-refractivity contribution in [1.82, 2.24) is 4.98 Å². The molecule has 0 saturated heterocycles. The molecule has 1 heterocycles. The van der Waals surface area contributed by atoms with Crippen molar-refractivity contribution >= 4 is 11.6 Å². The van der Waals surface area contributed by atoms with Gasteiger partial charge in [0.15, 0.2) is 0 Å². The number of hydrogen-bond acceptors (Lipinski definition) is 2. The van der Waals surface area contributed by atoms with Crippen LogP contribution in [0.15, 0.2) is 12.1 Å². The Morgan fingerprint density at radius 3 is 2.67 bits per heavy atom. The largest absolute Gasteiger partial charge is 0.321 e. The van der Waals surface area contributed by atoms with Crippen molar-refractivity contribution in [1.29, 1.82) is 0 Å². The molecule has 2 nitrogen and oxygen atoms in total. The molecule has 1 aliphatic rings. The summed E-state index contributed by atoms with van der Waals surface area (Å²) >= 11 is 5.96. The Labute approximate surface area is 76.7 Å². The Kier molecular flexibility index (Phi) is 1.63. The van der Waals surface area contributed by atoms with Crippen molar-refractivity contribution in [2.24, 2.45) is 5.73 Å². The summed E-state index contributed by atoms with van der Waals surface area (Å²) in [5.41, 5.74) is 7.76. The van der Waals surface area contributed by atoms with Crippen molar-refractivity contribution in [3.63, 3.8) is 0 Å². The number of nitrogens with zero attached hydrogens (tertiary/aromatic N) is 1. The van der Waals surface area contributed by atoms with Crippen LogP contribution in [0.4, 0.5) is 0 Å². The zero-order valence-corrected chi connectivity index (χ0v) is 7.73. The normalized spacial score (nSPS) is 19.2. The van der Waals surface area contributed by atoms with E-state index in [-0.39, 0.29) is 5.54 Å². The third kappa shape index (κ3) is 1.21. The number of pyridine rings is 1. The van der Waals surface area contributed by atoms with E-state index in [9.17, 15) is 0 Å². The molecule has 1 aromatic heterocycles. The molecule has 0 unspecified atom stereocenters. The Hall–Kier alpha value is -0.600. The van der Waals surface area contributed by atoms with Crippen LogP contribution >= 0.6 is 11.6 Å². The van der Waals surface area contributed by atoms with E-state index < -0.39 is 0 Å². The number of aromatic nitrogens is 1. The minimum Gasteiger partial charge on any atom is -0.321 e. The lowest BCUT2D eigenvalue weighted by Crippen LogP contribution is -2.19. The molecule has 0 spiro atoms. The predicted molar refractivity (Wildman–Crippen MR) is 49.1 cm³/mol. The van der Waals surface area contributed by atoms with Gasteiger partial charge < -0.3 is 5.73 Å². The molecule has 3 heteroatoms. The summed E-state index contributed by atoms with van der Waals surface area (Å²) in [6.07, 6.45) is 2.05. The average Bonchev–Trinajstić information content (AvgIpc) is 2.68. The second-order valence-corrected chi connectivity index (χ2v) is 3.81. The molecular formula is C9H11ClN2. The zero-order valence-electron chi connectivity index (χ0n) is 6.97. The summed E-state index contributed by atoms with van der Waals surface area (Å²) < 4.78 is 0. The molecule has 64 valence electrons. The zero-order chi connectivity index (χ0) is 8.77. The summed E-state index contributed by atoms with van der Waals surface area (Å²) in [4.78, 5) is 4.17. The van der Waals surface area contributed by atoms with Gasteiger partial charge in [-0.2, -0.15) is 0 Å². The lowest BCUT2D eigenvalue weighted by atomic mass is 10.1. The molecule has 1 fully saturated rings. The van der Waals surface area contributed by atoms with Gasteiger partial charge in [-0.05, 0) is 25.8 Å². The van der Waals surface area contributed by atoms with Gasteiger partial charge in [0.25, 0.3) is 0 Å². The van der Waals surface area contributed by atoms with Crippen LogP contribution in [-0.4, -0.2) is 4.98 Å². The molecule has 2 rings (SSSR count). The summed E-state index contributed by atoms with van der Waals surface area (Å²) in [5.74, 6) is 0. The van der Waals surface area contributed by atoms with Gasteiger partial charge in [-0.15, -0.1) is 0 Å². The molecule has 0 radical (unpaired) electrons. The van der Waals surface area contributed by atoms with E-state index in [1.54, 1.807) is 0 Å².